The Bertz CT molecular complexity index is 2390. The molecule has 3 aromatic carbocycles. The van der Waals surface area contributed by atoms with E-state index in [1.165, 1.54) is 30.9 Å². The normalized spacial score (nSPS) is 23.4. The molecule has 10 heteroatoms. The fourth-order valence-corrected chi connectivity index (χ4v) is 11.6. The zero-order chi connectivity index (χ0) is 49.1. The molecule has 0 amide bonds. The number of nitrogens with two attached hydrogens (primary N) is 1. The SMILES string of the molecule is CCCCCC1C=CC(CCCCCC(C(=O)O)C(O)CCC2(O)CC(CC3=CCNC(N)=C3)CC2Cc2cc(-c3ccccc3)c(-c3cc(O)cc(O)c3Cc3ccc(C(C)C)cc3)[nH]2)C(O)C1. The zero-order valence-corrected chi connectivity index (χ0v) is 41.3. The molecule has 2 aliphatic carbocycles. The van der Waals surface area contributed by atoms with Gasteiger partial charge in [0.25, 0.3) is 0 Å². The third-order valence-electron chi connectivity index (χ3n) is 15.5. The van der Waals surface area contributed by atoms with Crippen molar-refractivity contribution in [2.45, 2.75) is 154 Å². The van der Waals surface area contributed by atoms with E-state index in [0.717, 1.165) is 78.6 Å². The van der Waals surface area contributed by atoms with E-state index in [1.807, 2.05) is 36.4 Å². The van der Waals surface area contributed by atoms with Gasteiger partial charge in [0, 0.05) is 47.3 Å². The fraction of sp³-hybridized carbons (Fsp3) is 0.508. The van der Waals surface area contributed by atoms with Crippen molar-refractivity contribution in [3.8, 4) is 33.9 Å². The number of hydrogen-bond donors (Lipinski definition) is 9. The summed E-state index contributed by atoms with van der Waals surface area (Å²) in [6, 6.07) is 23.7. The molecule has 1 saturated carbocycles. The number of aromatic amines is 1. The van der Waals surface area contributed by atoms with E-state index in [2.05, 4.69) is 79.6 Å². The average Bonchev–Trinajstić information content (AvgIpc) is 3.88. The molecule has 0 spiro atoms. The van der Waals surface area contributed by atoms with Crippen molar-refractivity contribution in [2.24, 2.45) is 35.3 Å². The van der Waals surface area contributed by atoms with Gasteiger partial charge in [-0.05, 0) is 128 Å². The number of phenols is 2. The molecule has 69 heavy (non-hydrogen) atoms. The molecule has 0 saturated heterocycles. The number of H-pyrrole nitrogens is 1. The number of phenolic OH excluding ortho intramolecular Hbond substituents is 2. The highest BCUT2D eigenvalue weighted by Crippen LogP contribution is 2.48. The fourth-order valence-electron chi connectivity index (χ4n) is 11.6. The number of unbranched alkanes of at least 4 members (excludes halogenated alkanes) is 4. The molecular weight excluding hydrogens is 863 g/mol. The van der Waals surface area contributed by atoms with E-state index in [9.17, 15) is 35.4 Å². The number of aromatic hydroxyl groups is 2. The van der Waals surface area contributed by atoms with Crippen molar-refractivity contribution >= 4 is 5.97 Å². The summed E-state index contributed by atoms with van der Waals surface area (Å²) in [6.45, 7) is 7.17. The van der Waals surface area contributed by atoms with Crippen molar-refractivity contribution in [3.05, 3.63) is 131 Å². The summed E-state index contributed by atoms with van der Waals surface area (Å²) in [6.07, 6.45) is 19.6. The van der Waals surface area contributed by atoms with E-state index >= 15 is 0 Å². The van der Waals surface area contributed by atoms with Gasteiger partial charge in [0.15, 0.2) is 0 Å². The molecule has 1 aliphatic heterocycles. The number of aliphatic hydroxyl groups is 3. The van der Waals surface area contributed by atoms with Crippen molar-refractivity contribution in [1.82, 2.24) is 10.3 Å². The van der Waals surface area contributed by atoms with Gasteiger partial charge in [0.2, 0.25) is 0 Å². The highest BCUT2D eigenvalue weighted by molar-refractivity contribution is 5.85. The maximum absolute atomic E-state index is 12.8. The van der Waals surface area contributed by atoms with Gasteiger partial charge >= 0.3 is 5.97 Å². The lowest BCUT2D eigenvalue weighted by Gasteiger charge is -2.32. The molecule has 2 heterocycles. The van der Waals surface area contributed by atoms with Crippen LogP contribution in [-0.2, 0) is 17.6 Å². The predicted molar refractivity (Wildman–Crippen MR) is 277 cm³/mol. The Morgan fingerprint density at radius 2 is 1.65 bits per heavy atom. The summed E-state index contributed by atoms with van der Waals surface area (Å²) in [7, 11) is 0. The van der Waals surface area contributed by atoms with Gasteiger partial charge < -0.3 is 46.7 Å². The lowest BCUT2D eigenvalue weighted by molar-refractivity contribution is -0.146. The van der Waals surface area contributed by atoms with Crippen LogP contribution in [0.4, 0.5) is 0 Å². The first-order valence-electron chi connectivity index (χ1n) is 26.0. The van der Waals surface area contributed by atoms with Crippen LogP contribution in [0.15, 0.2) is 108 Å². The van der Waals surface area contributed by atoms with Crippen LogP contribution in [0, 0.1) is 29.6 Å². The van der Waals surface area contributed by atoms with Crippen LogP contribution in [0.25, 0.3) is 22.4 Å². The van der Waals surface area contributed by atoms with Crippen molar-refractivity contribution in [1.29, 1.82) is 0 Å². The first-order valence-corrected chi connectivity index (χ1v) is 26.0. The second-order valence-electron chi connectivity index (χ2n) is 21.1. The van der Waals surface area contributed by atoms with Crippen LogP contribution in [0.2, 0.25) is 0 Å². The molecule has 4 aromatic rings. The Balaban J connectivity index is 1.08. The molecular formula is C59H79N3O7. The number of rotatable bonds is 24. The van der Waals surface area contributed by atoms with E-state index in [4.69, 9.17) is 5.73 Å². The standard InChI is InChI=1S/C59H79N3O7/c1-4-5-8-13-39-20-23-45(54(65)31-39)16-11-7-12-17-49(58(67)68)53(64)24-26-59(69)37-42(28-41-25-27-61-56(60)32-41)29-46(59)33-47-34-50(44-14-9-6-10-15-44)57(62-47)52-35-48(63)36-55(66)51(52)30-40-18-21-43(22-19-40)38(2)3/h6,9-10,14-15,18-23,25,32,34-36,38-39,42,45-46,49,53-54,61-66,69H,4-5,7-8,11-13,16-17,24,26-31,33,37,60H2,1-3H3,(H,67,68). The molecule has 0 radical (unpaired) electrons. The molecule has 1 fully saturated rings. The Kier molecular flexibility index (Phi) is 17.9. The molecule has 10 nitrogen and oxygen atoms in total. The maximum atomic E-state index is 12.8. The Labute approximate surface area is 410 Å². The molecule has 8 unspecified atom stereocenters. The number of allylic oxidation sites excluding steroid dienone is 3. The number of aliphatic hydroxyl groups excluding tert-OH is 2. The van der Waals surface area contributed by atoms with Crippen LogP contribution in [0.5, 0.6) is 11.5 Å². The number of carbonyl (C=O) groups is 1. The van der Waals surface area contributed by atoms with E-state index < -0.39 is 23.6 Å². The van der Waals surface area contributed by atoms with Gasteiger partial charge in [-0.25, -0.2) is 0 Å². The van der Waals surface area contributed by atoms with Crippen LogP contribution in [-0.4, -0.2) is 65.9 Å². The largest absolute Gasteiger partial charge is 0.508 e. The first-order chi connectivity index (χ1) is 33.2. The molecule has 10 N–H and O–H groups in total. The molecule has 372 valence electrons. The Morgan fingerprint density at radius 3 is 2.36 bits per heavy atom. The van der Waals surface area contributed by atoms with Gasteiger partial charge in [-0.2, -0.15) is 0 Å². The van der Waals surface area contributed by atoms with Gasteiger partial charge in [0.05, 0.1) is 35.2 Å². The number of aliphatic carboxylic acids is 1. The summed E-state index contributed by atoms with van der Waals surface area (Å²) in [5.41, 5.74) is 13.2. The summed E-state index contributed by atoms with van der Waals surface area (Å²) in [5.74, 6) is -0.505. The summed E-state index contributed by atoms with van der Waals surface area (Å²) in [4.78, 5) is 16.4. The zero-order valence-electron chi connectivity index (χ0n) is 41.3. The predicted octanol–water partition coefficient (Wildman–Crippen LogP) is 11.4. The minimum absolute atomic E-state index is 0.00373. The van der Waals surface area contributed by atoms with Gasteiger partial charge in [-0.15, -0.1) is 0 Å². The lowest BCUT2D eigenvalue weighted by atomic mass is 9.80. The molecule has 3 aliphatic rings. The van der Waals surface area contributed by atoms with Gasteiger partial charge in [0.1, 0.15) is 11.5 Å². The third kappa shape index (κ3) is 13.7. The van der Waals surface area contributed by atoms with Crippen molar-refractivity contribution in [2.75, 3.05) is 6.54 Å². The minimum atomic E-state index is -1.18. The van der Waals surface area contributed by atoms with E-state index in [-0.39, 0.29) is 48.2 Å². The lowest BCUT2D eigenvalue weighted by Crippen LogP contribution is -2.37. The van der Waals surface area contributed by atoms with Gasteiger partial charge in [-0.1, -0.05) is 132 Å². The van der Waals surface area contributed by atoms with Crippen LogP contribution in [0.3, 0.4) is 0 Å². The highest BCUT2D eigenvalue weighted by atomic mass is 16.4. The maximum Gasteiger partial charge on any atom is 0.309 e. The smallest absolute Gasteiger partial charge is 0.309 e. The van der Waals surface area contributed by atoms with Gasteiger partial charge in [-0.3, -0.25) is 4.79 Å². The van der Waals surface area contributed by atoms with Crippen LogP contribution >= 0.6 is 0 Å². The number of nitrogens with one attached hydrogen (secondary N) is 2. The highest BCUT2D eigenvalue weighted by Gasteiger charge is 2.46. The Hall–Kier alpha value is -5.29. The number of benzene rings is 3. The minimum Gasteiger partial charge on any atom is -0.508 e. The van der Waals surface area contributed by atoms with Crippen molar-refractivity contribution in [3.63, 3.8) is 0 Å². The van der Waals surface area contributed by atoms with Crippen LogP contribution in [0.1, 0.15) is 145 Å². The monoisotopic (exact) mass is 942 g/mol. The summed E-state index contributed by atoms with van der Waals surface area (Å²) in [5, 5.41) is 71.1. The van der Waals surface area contributed by atoms with E-state index in [1.54, 1.807) is 6.07 Å². The number of carboxylic acid groups (broad SMARTS) is 1. The van der Waals surface area contributed by atoms with Crippen LogP contribution < -0.4 is 11.1 Å². The average molecular weight is 942 g/mol. The number of aromatic nitrogens is 1. The summed E-state index contributed by atoms with van der Waals surface area (Å²) < 4.78 is 0. The number of hydrogen-bond acceptors (Lipinski definition) is 8. The molecule has 7 rings (SSSR count). The Morgan fingerprint density at radius 1 is 0.884 bits per heavy atom. The molecule has 8 atom stereocenters. The topological polar surface area (TPSA) is 192 Å². The first kappa shape index (κ1) is 51.6. The van der Waals surface area contributed by atoms with Crippen molar-refractivity contribution < 1.29 is 35.4 Å². The summed E-state index contributed by atoms with van der Waals surface area (Å²) >= 11 is 0. The third-order valence-corrected chi connectivity index (χ3v) is 15.5. The second-order valence-corrected chi connectivity index (χ2v) is 21.1. The molecule has 1 aromatic heterocycles. The number of dihydropyridines is 1. The second kappa shape index (κ2) is 24.0. The molecule has 0 bridgehead atoms. The quantitative estimate of drug-likeness (QED) is 0.0243. The number of carboxylic acids is 1. The van der Waals surface area contributed by atoms with E-state index in [0.29, 0.717) is 67.4 Å².